The van der Waals surface area contributed by atoms with Crippen molar-refractivity contribution in [3.63, 3.8) is 0 Å². The summed E-state index contributed by atoms with van der Waals surface area (Å²) in [5, 5.41) is 12.4. The maximum Gasteiger partial charge on any atom is 0.234 e. The fourth-order valence-electron chi connectivity index (χ4n) is 2.60. The third-order valence-electron chi connectivity index (χ3n) is 3.95. The Hall–Kier alpha value is -2.71. The van der Waals surface area contributed by atoms with Gasteiger partial charge in [-0.1, -0.05) is 35.5 Å². The Bertz CT molecular complexity index is 993. The molecule has 3 aromatic rings. The second-order valence-corrected chi connectivity index (χ2v) is 7.13. The first-order valence-corrected chi connectivity index (χ1v) is 9.68. The topological polar surface area (TPSA) is 78.3 Å². The van der Waals surface area contributed by atoms with Gasteiger partial charge in [-0.2, -0.15) is 0 Å². The van der Waals surface area contributed by atoms with Crippen LogP contribution in [0.5, 0.6) is 11.5 Å². The summed E-state index contributed by atoms with van der Waals surface area (Å²) in [5.41, 5.74) is 1.35. The number of methoxy groups -OCH3 is 2. The van der Waals surface area contributed by atoms with Gasteiger partial charge in [0.1, 0.15) is 11.5 Å². The third kappa shape index (κ3) is 4.40. The number of thioether (sulfide) groups is 1. The van der Waals surface area contributed by atoms with Gasteiger partial charge in [-0.15, -0.1) is 10.2 Å². The normalized spacial score (nSPS) is 10.6. The summed E-state index contributed by atoms with van der Waals surface area (Å²) in [6, 6.07) is 12.6. The van der Waals surface area contributed by atoms with Gasteiger partial charge in [-0.05, 0) is 30.3 Å². The van der Waals surface area contributed by atoms with Crippen molar-refractivity contribution in [2.24, 2.45) is 7.05 Å². The minimum Gasteiger partial charge on any atom is -0.496 e. The molecule has 0 bridgehead atoms. The minimum absolute atomic E-state index is 0.160. The quantitative estimate of drug-likeness (QED) is 0.586. The lowest BCUT2D eigenvalue weighted by Gasteiger charge is -2.10. The number of benzene rings is 2. The van der Waals surface area contributed by atoms with Gasteiger partial charge in [0.2, 0.25) is 5.91 Å². The van der Waals surface area contributed by atoms with Gasteiger partial charge < -0.3 is 19.4 Å². The van der Waals surface area contributed by atoms with Crippen molar-refractivity contribution in [1.82, 2.24) is 14.8 Å². The minimum atomic E-state index is -0.201. The molecule has 0 radical (unpaired) electrons. The molecule has 1 N–H and O–H groups in total. The number of carbonyl (C=O) groups excluding carboxylic acids is 1. The number of ether oxygens (including phenoxy) is 2. The van der Waals surface area contributed by atoms with E-state index in [-0.39, 0.29) is 11.7 Å². The third-order valence-corrected chi connectivity index (χ3v) is 5.21. The number of aromatic nitrogens is 3. The molecule has 3 rings (SSSR count). The van der Waals surface area contributed by atoms with E-state index < -0.39 is 0 Å². The summed E-state index contributed by atoms with van der Waals surface area (Å²) < 4.78 is 12.5. The average Bonchev–Trinajstić information content (AvgIpc) is 3.06. The van der Waals surface area contributed by atoms with Crippen LogP contribution in [0.15, 0.2) is 47.6 Å². The fourth-order valence-corrected chi connectivity index (χ4v) is 3.48. The molecule has 28 heavy (non-hydrogen) atoms. The van der Waals surface area contributed by atoms with Crippen molar-refractivity contribution in [3.8, 4) is 22.9 Å². The number of rotatable bonds is 7. The SMILES string of the molecule is COc1ccc(Cl)cc1NC(=O)CSc1nnc(-c2ccccc2OC)n1C. The first kappa shape index (κ1) is 20.0. The lowest BCUT2D eigenvalue weighted by molar-refractivity contribution is -0.113. The van der Waals surface area contributed by atoms with Crippen molar-refractivity contribution >= 4 is 35.0 Å². The molecule has 0 saturated heterocycles. The van der Waals surface area contributed by atoms with E-state index >= 15 is 0 Å². The van der Waals surface area contributed by atoms with Gasteiger partial charge in [-0.3, -0.25) is 4.79 Å². The van der Waals surface area contributed by atoms with Gasteiger partial charge in [0.05, 0.1) is 31.2 Å². The summed E-state index contributed by atoms with van der Waals surface area (Å²) >= 11 is 7.28. The Morgan fingerprint density at radius 1 is 1.14 bits per heavy atom. The smallest absolute Gasteiger partial charge is 0.234 e. The van der Waals surface area contributed by atoms with Crippen LogP contribution >= 0.6 is 23.4 Å². The van der Waals surface area contributed by atoms with Gasteiger partial charge in [-0.25, -0.2) is 0 Å². The molecule has 0 aliphatic rings. The second kappa shape index (κ2) is 8.99. The number of hydrogen-bond acceptors (Lipinski definition) is 6. The van der Waals surface area contributed by atoms with E-state index in [1.54, 1.807) is 25.3 Å². The fraction of sp³-hybridized carbons (Fsp3) is 0.211. The van der Waals surface area contributed by atoms with Crippen LogP contribution in [-0.4, -0.2) is 40.6 Å². The molecule has 0 atom stereocenters. The zero-order valence-corrected chi connectivity index (χ0v) is 17.2. The molecule has 1 amide bonds. The van der Waals surface area contributed by atoms with Crippen molar-refractivity contribution in [2.75, 3.05) is 25.3 Å². The summed E-state index contributed by atoms with van der Waals surface area (Å²) in [5.74, 6) is 1.87. The second-order valence-electron chi connectivity index (χ2n) is 5.75. The van der Waals surface area contributed by atoms with Gasteiger partial charge in [0.15, 0.2) is 11.0 Å². The summed E-state index contributed by atoms with van der Waals surface area (Å²) in [4.78, 5) is 12.3. The molecule has 1 heterocycles. The van der Waals surface area contributed by atoms with E-state index in [0.717, 1.165) is 5.56 Å². The first-order valence-electron chi connectivity index (χ1n) is 8.32. The molecule has 0 spiro atoms. The summed E-state index contributed by atoms with van der Waals surface area (Å²) in [7, 11) is 4.99. The molecular formula is C19H19ClN4O3S. The lowest BCUT2D eigenvalue weighted by Crippen LogP contribution is -2.15. The highest BCUT2D eigenvalue weighted by Crippen LogP contribution is 2.31. The molecule has 2 aromatic carbocycles. The number of hydrogen-bond donors (Lipinski definition) is 1. The van der Waals surface area contributed by atoms with Crippen molar-refractivity contribution in [1.29, 1.82) is 0 Å². The van der Waals surface area contributed by atoms with Gasteiger partial charge >= 0.3 is 0 Å². The predicted molar refractivity (Wildman–Crippen MR) is 110 cm³/mol. The largest absolute Gasteiger partial charge is 0.496 e. The maximum atomic E-state index is 12.3. The molecule has 0 saturated carbocycles. The molecule has 0 unspecified atom stereocenters. The van der Waals surface area contributed by atoms with E-state index in [4.69, 9.17) is 21.1 Å². The molecule has 0 fully saturated rings. The van der Waals surface area contributed by atoms with Crippen molar-refractivity contribution in [3.05, 3.63) is 47.5 Å². The molecule has 0 aliphatic heterocycles. The lowest BCUT2D eigenvalue weighted by atomic mass is 10.2. The van der Waals surface area contributed by atoms with E-state index in [1.807, 2.05) is 35.9 Å². The molecule has 0 aliphatic carbocycles. The highest BCUT2D eigenvalue weighted by Gasteiger charge is 2.16. The van der Waals surface area contributed by atoms with E-state index in [0.29, 0.717) is 33.2 Å². The number of para-hydroxylation sites is 1. The van der Waals surface area contributed by atoms with Crippen LogP contribution < -0.4 is 14.8 Å². The number of amides is 1. The van der Waals surface area contributed by atoms with Crippen LogP contribution in [-0.2, 0) is 11.8 Å². The monoisotopic (exact) mass is 418 g/mol. The Kier molecular flexibility index (Phi) is 6.43. The maximum absolute atomic E-state index is 12.3. The highest BCUT2D eigenvalue weighted by atomic mass is 35.5. The molecule has 1 aromatic heterocycles. The zero-order valence-electron chi connectivity index (χ0n) is 15.6. The Morgan fingerprint density at radius 2 is 1.89 bits per heavy atom. The predicted octanol–water partition coefficient (Wildman–Crippen LogP) is 3.88. The Labute approximate surface area is 172 Å². The van der Waals surface area contributed by atoms with Gasteiger partial charge in [0.25, 0.3) is 0 Å². The number of nitrogens with zero attached hydrogens (tertiary/aromatic N) is 3. The van der Waals surface area contributed by atoms with Crippen LogP contribution in [0.2, 0.25) is 5.02 Å². The molecule has 9 heteroatoms. The molecule has 7 nitrogen and oxygen atoms in total. The molecule has 146 valence electrons. The number of anilines is 1. The van der Waals surface area contributed by atoms with E-state index in [2.05, 4.69) is 15.5 Å². The van der Waals surface area contributed by atoms with E-state index in [9.17, 15) is 4.79 Å². The van der Waals surface area contributed by atoms with Crippen LogP contribution in [0.4, 0.5) is 5.69 Å². The van der Waals surface area contributed by atoms with Crippen molar-refractivity contribution < 1.29 is 14.3 Å². The number of carbonyl (C=O) groups is 1. The van der Waals surface area contributed by atoms with Crippen LogP contribution in [0.25, 0.3) is 11.4 Å². The zero-order chi connectivity index (χ0) is 20.1. The standard InChI is InChI=1S/C19H19ClN4O3S/c1-24-18(13-6-4-5-7-15(13)26-2)22-23-19(24)28-11-17(25)21-14-10-12(20)8-9-16(14)27-3/h4-10H,11H2,1-3H3,(H,21,25). The van der Waals surface area contributed by atoms with Crippen molar-refractivity contribution in [2.45, 2.75) is 5.16 Å². The Morgan fingerprint density at radius 3 is 2.64 bits per heavy atom. The Balaban J connectivity index is 1.70. The van der Waals surface area contributed by atoms with Crippen LogP contribution in [0.3, 0.4) is 0 Å². The van der Waals surface area contributed by atoms with Crippen LogP contribution in [0, 0.1) is 0 Å². The first-order chi connectivity index (χ1) is 13.5. The number of halogens is 1. The number of nitrogens with one attached hydrogen (secondary N) is 1. The van der Waals surface area contributed by atoms with Crippen LogP contribution in [0.1, 0.15) is 0 Å². The average molecular weight is 419 g/mol. The summed E-state index contributed by atoms with van der Waals surface area (Å²) in [6.07, 6.45) is 0. The van der Waals surface area contributed by atoms with Gasteiger partial charge in [0, 0.05) is 12.1 Å². The summed E-state index contributed by atoms with van der Waals surface area (Å²) in [6.45, 7) is 0. The highest BCUT2D eigenvalue weighted by molar-refractivity contribution is 7.99. The molecular weight excluding hydrogens is 400 g/mol. The van der Waals surface area contributed by atoms with E-state index in [1.165, 1.54) is 18.9 Å².